The standard InChI is InChI=1S/C13H16ClNO4/c1-18-11-5-8-3-4-10(15(14)7-13(16)17)9(8)6-12(11)19-2/h5-6,10H,3-4,7H2,1-2H3,(H,16,17). The molecule has 5 nitrogen and oxygen atoms in total. The molecule has 1 aliphatic carbocycles. The van der Waals surface area contributed by atoms with E-state index in [1.54, 1.807) is 14.2 Å². The van der Waals surface area contributed by atoms with Gasteiger partial charge in [-0.05, 0) is 47.9 Å². The van der Waals surface area contributed by atoms with Gasteiger partial charge < -0.3 is 14.6 Å². The fraction of sp³-hybridized carbons (Fsp3) is 0.462. The van der Waals surface area contributed by atoms with Crippen molar-refractivity contribution in [1.29, 1.82) is 0 Å². The zero-order valence-corrected chi connectivity index (χ0v) is 11.6. The summed E-state index contributed by atoms with van der Waals surface area (Å²) in [5.41, 5.74) is 2.13. The van der Waals surface area contributed by atoms with Crippen molar-refractivity contribution in [1.82, 2.24) is 4.42 Å². The van der Waals surface area contributed by atoms with E-state index in [0.717, 1.165) is 24.0 Å². The smallest absolute Gasteiger partial charge is 0.319 e. The third-order valence-electron chi connectivity index (χ3n) is 3.32. The van der Waals surface area contributed by atoms with Crippen LogP contribution >= 0.6 is 11.8 Å². The number of nitrogens with zero attached hydrogens (tertiary/aromatic N) is 1. The van der Waals surface area contributed by atoms with Crippen molar-refractivity contribution in [2.24, 2.45) is 0 Å². The average molecular weight is 286 g/mol. The van der Waals surface area contributed by atoms with Crippen LogP contribution in [0.1, 0.15) is 23.6 Å². The van der Waals surface area contributed by atoms with Crippen LogP contribution < -0.4 is 9.47 Å². The molecule has 0 amide bonds. The molecule has 0 heterocycles. The van der Waals surface area contributed by atoms with Crippen LogP contribution in [0.4, 0.5) is 0 Å². The Kier molecular flexibility index (Phi) is 4.17. The SMILES string of the molecule is COc1cc2c(cc1OC)C(N(Cl)CC(=O)O)CC2. The summed E-state index contributed by atoms with van der Waals surface area (Å²) < 4.78 is 11.9. The number of hydrogen-bond donors (Lipinski definition) is 1. The van der Waals surface area contributed by atoms with Crippen molar-refractivity contribution in [3.8, 4) is 11.5 Å². The normalized spacial score (nSPS) is 17.4. The van der Waals surface area contributed by atoms with Crippen LogP contribution in [-0.2, 0) is 11.2 Å². The van der Waals surface area contributed by atoms with Crippen molar-refractivity contribution >= 4 is 17.7 Å². The van der Waals surface area contributed by atoms with E-state index in [1.165, 1.54) is 4.42 Å². The molecule has 0 bridgehead atoms. The lowest BCUT2D eigenvalue weighted by molar-refractivity contribution is -0.137. The number of methoxy groups -OCH3 is 2. The van der Waals surface area contributed by atoms with Gasteiger partial charge in [-0.2, -0.15) is 0 Å². The number of carbonyl (C=O) groups is 1. The number of benzene rings is 1. The van der Waals surface area contributed by atoms with Crippen molar-refractivity contribution in [3.63, 3.8) is 0 Å². The molecular weight excluding hydrogens is 270 g/mol. The van der Waals surface area contributed by atoms with E-state index in [-0.39, 0.29) is 12.6 Å². The van der Waals surface area contributed by atoms with Crippen LogP contribution in [0.25, 0.3) is 0 Å². The Balaban J connectivity index is 2.31. The van der Waals surface area contributed by atoms with Crippen molar-refractivity contribution < 1.29 is 19.4 Å². The lowest BCUT2D eigenvalue weighted by atomic mass is 10.1. The Morgan fingerprint density at radius 1 is 1.42 bits per heavy atom. The van der Waals surface area contributed by atoms with Gasteiger partial charge in [0.15, 0.2) is 11.5 Å². The molecule has 0 saturated carbocycles. The summed E-state index contributed by atoms with van der Waals surface area (Å²) in [6, 6.07) is 3.70. The van der Waals surface area contributed by atoms with Gasteiger partial charge in [-0.1, -0.05) is 0 Å². The second-order valence-electron chi connectivity index (χ2n) is 4.41. The van der Waals surface area contributed by atoms with E-state index in [9.17, 15) is 4.79 Å². The van der Waals surface area contributed by atoms with Crippen LogP contribution in [0.5, 0.6) is 11.5 Å². The van der Waals surface area contributed by atoms with Gasteiger partial charge in [-0.25, -0.2) is 4.42 Å². The summed E-state index contributed by atoms with van der Waals surface area (Å²) in [5.74, 6) is 0.374. The van der Waals surface area contributed by atoms with E-state index in [1.807, 2.05) is 12.1 Å². The number of carboxylic acids is 1. The number of carboxylic acid groups (broad SMARTS) is 1. The Morgan fingerprint density at radius 3 is 2.63 bits per heavy atom. The van der Waals surface area contributed by atoms with Gasteiger partial charge in [0.2, 0.25) is 0 Å². The molecule has 0 saturated heterocycles. The minimum atomic E-state index is -0.941. The number of fused-ring (bicyclic) bond motifs is 1. The molecule has 1 aliphatic rings. The summed E-state index contributed by atoms with van der Waals surface area (Å²) in [6.45, 7) is -0.194. The van der Waals surface area contributed by atoms with Gasteiger partial charge in [0.05, 0.1) is 20.3 Å². The van der Waals surface area contributed by atoms with Gasteiger partial charge in [0.1, 0.15) is 6.54 Å². The summed E-state index contributed by atoms with van der Waals surface area (Å²) >= 11 is 6.06. The first-order chi connectivity index (χ1) is 9.06. The maximum atomic E-state index is 10.7. The first-order valence-electron chi connectivity index (χ1n) is 5.95. The van der Waals surface area contributed by atoms with Crippen LogP contribution in [0, 0.1) is 0 Å². The van der Waals surface area contributed by atoms with Crippen LogP contribution in [0.2, 0.25) is 0 Å². The monoisotopic (exact) mass is 285 g/mol. The molecule has 0 aliphatic heterocycles. The molecule has 1 unspecified atom stereocenters. The fourth-order valence-electron chi connectivity index (χ4n) is 2.44. The second-order valence-corrected chi connectivity index (χ2v) is 4.85. The van der Waals surface area contributed by atoms with Crippen molar-refractivity contribution in [2.45, 2.75) is 18.9 Å². The van der Waals surface area contributed by atoms with E-state index >= 15 is 0 Å². The minimum Gasteiger partial charge on any atom is -0.493 e. The molecule has 0 aromatic heterocycles. The highest BCUT2D eigenvalue weighted by Gasteiger charge is 2.30. The Hall–Kier alpha value is -1.46. The maximum absolute atomic E-state index is 10.7. The first kappa shape index (κ1) is 14.0. The Morgan fingerprint density at radius 2 is 2.05 bits per heavy atom. The lowest BCUT2D eigenvalue weighted by Crippen LogP contribution is -2.24. The van der Waals surface area contributed by atoms with Gasteiger partial charge in [0.25, 0.3) is 0 Å². The molecule has 0 radical (unpaired) electrons. The molecule has 1 aromatic carbocycles. The van der Waals surface area contributed by atoms with E-state index in [4.69, 9.17) is 26.4 Å². The molecule has 0 spiro atoms. The molecule has 2 rings (SSSR count). The first-order valence-corrected chi connectivity index (χ1v) is 6.29. The number of halogens is 1. The Bertz CT molecular complexity index is 492. The highest BCUT2D eigenvalue weighted by molar-refractivity contribution is 6.14. The van der Waals surface area contributed by atoms with E-state index < -0.39 is 5.97 Å². The molecule has 0 fully saturated rings. The predicted octanol–water partition coefficient (Wildman–Crippen LogP) is 2.23. The summed E-state index contributed by atoms with van der Waals surface area (Å²) in [5, 5.41) is 8.80. The number of ether oxygens (including phenoxy) is 2. The molecular formula is C13H16ClNO4. The highest BCUT2D eigenvalue weighted by atomic mass is 35.5. The molecule has 1 aromatic rings. The molecule has 6 heteroatoms. The highest BCUT2D eigenvalue weighted by Crippen LogP contribution is 2.42. The second kappa shape index (κ2) is 5.67. The predicted molar refractivity (Wildman–Crippen MR) is 70.8 cm³/mol. The number of hydrogen-bond acceptors (Lipinski definition) is 4. The van der Waals surface area contributed by atoms with Gasteiger partial charge in [0, 0.05) is 0 Å². The summed E-state index contributed by atoms with van der Waals surface area (Å²) in [4.78, 5) is 10.7. The number of aliphatic carboxylic acids is 1. The molecule has 1 atom stereocenters. The molecule has 19 heavy (non-hydrogen) atoms. The van der Waals surface area contributed by atoms with Crippen LogP contribution in [0.15, 0.2) is 12.1 Å². The third-order valence-corrected chi connectivity index (χ3v) is 3.67. The number of aryl methyl sites for hydroxylation is 1. The van der Waals surface area contributed by atoms with E-state index in [0.29, 0.717) is 11.5 Å². The van der Waals surface area contributed by atoms with Gasteiger partial charge in [-0.3, -0.25) is 4.79 Å². The minimum absolute atomic E-state index is 0.104. The number of rotatable bonds is 5. The average Bonchev–Trinajstić information content (AvgIpc) is 2.78. The maximum Gasteiger partial charge on any atom is 0.319 e. The quantitative estimate of drug-likeness (QED) is 0.841. The topological polar surface area (TPSA) is 59.0 Å². The Labute approximate surface area is 116 Å². The molecule has 1 N–H and O–H groups in total. The third kappa shape index (κ3) is 2.77. The lowest BCUT2D eigenvalue weighted by Gasteiger charge is -2.21. The zero-order valence-electron chi connectivity index (χ0n) is 10.9. The van der Waals surface area contributed by atoms with Crippen LogP contribution in [-0.4, -0.2) is 36.3 Å². The molecule has 104 valence electrons. The van der Waals surface area contributed by atoms with Crippen molar-refractivity contribution in [2.75, 3.05) is 20.8 Å². The zero-order chi connectivity index (χ0) is 14.0. The van der Waals surface area contributed by atoms with Crippen LogP contribution in [0.3, 0.4) is 0 Å². The summed E-state index contributed by atoms with van der Waals surface area (Å²) in [7, 11) is 3.17. The largest absolute Gasteiger partial charge is 0.493 e. The summed E-state index contributed by atoms with van der Waals surface area (Å²) in [6.07, 6.45) is 1.64. The van der Waals surface area contributed by atoms with E-state index in [2.05, 4.69) is 0 Å². The van der Waals surface area contributed by atoms with Crippen molar-refractivity contribution in [3.05, 3.63) is 23.3 Å². The van der Waals surface area contributed by atoms with Gasteiger partial charge >= 0.3 is 5.97 Å². The van der Waals surface area contributed by atoms with Gasteiger partial charge in [-0.15, -0.1) is 0 Å². The fourth-order valence-corrected chi connectivity index (χ4v) is 2.75.